The lowest BCUT2D eigenvalue weighted by Crippen LogP contribution is -2.35. The summed E-state index contributed by atoms with van der Waals surface area (Å²) in [5.41, 5.74) is 12.6. The molecule has 6 heteroatoms. The summed E-state index contributed by atoms with van der Waals surface area (Å²) in [5.74, 6) is 0.737. The number of primary amides is 1. The van der Waals surface area contributed by atoms with Gasteiger partial charge in [0.15, 0.2) is 11.5 Å². The molecule has 0 aromatic heterocycles. The Morgan fingerprint density at radius 1 is 1.25 bits per heavy atom. The largest absolute Gasteiger partial charge is 0.493 e. The van der Waals surface area contributed by atoms with E-state index >= 15 is 0 Å². The molecule has 4 N–H and O–H groups in total. The van der Waals surface area contributed by atoms with E-state index in [-0.39, 0.29) is 6.54 Å². The van der Waals surface area contributed by atoms with Crippen molar-refractivity contribution in [1.29, 1.82) is 0 Å². The minimum absolute atomic E-state index is 0.125. The van der Waals surface area contributed by atoms with Crippen LogP contribution in [0.1, 0.15) is 19.8 Å². The van der Waals surface area contributed by atoms with Crippen molar-refractivity contribution in [2.75, 3.05) is 37.9 Å². The summed E-state index contributed by atoms with van der Waals surface area (Å²) in [6.45, 7) is 2.92. The van der Waals surface area contributed by atoms with Gasteiger partial charge in [0.25, 0.3) is 0 Å². The van der Waals surface area contributed by atoms with Crippen LogP contribution in [-0.2, 0) is 4.79 Å². The van der Waals surface area contributed by atoms with Gasteiger partial charge >= 0.3 is 0 Å². The number of unbranched alkanes of at least 4 members (excludes halogenated alkanes) is 1. The summed E-state index contributed by atoms with van der Waals surface area (Å²) >= 11 is 0. The van der Waals surface area contributed by atoms with E-state index in [1.807, 2.05) is 4.90 Å². The molecular weight excluding hydrogens is 258 g/mol. The molecule has 0 radical (unpaired) electrons. The molecule has 0 fully saturated rings. The fourth-order valence-electron chi connectivity index (χ4n) is 1.98. The van der Waals surface area contributed by atoms with Crippen LogP contribution in [0.25, 0.3) is 0 Å². The van der Waals surface area contributed by atoms with Crippen molar-refractivity contribution in [2.45, 2.75) is 19.8 Å². The van der Waals surface area contributed by atoms with Crippen LogP contribution < -0.4 is 25.8 Å². The number of carbonyl (C=O) groups is 1. The summed E-state index contributed by atoms with van der Waals surface area (Å²) in [5, 5.41) is 0. The van der Waals surface area contributed by atoms with Gasteiger partial charge in [0, 0.05) is 18.7 Å². The molecular formula is C14H23N3O3. The number of benzene rings is 1. The topological polar surface area (TPSA) is 90.8 Å². The molecule has 112 valence electrons. The molecule has 0 aliphatic heterocycles. The molecule has 0 spiro atoms. The number of amides is 1. The lowest BCUT2D eigenvalue weighted by Gasteiger charge is -2.25. The van der Waals surface area contributed by atoms with E-state index in [1.54, 1.807) is 26.4 Å². The molecule has 20 heavy (non-hydrogen) atoms. The number of rotatable bonds is 8. The van der Waals surface area contributed by atoms with E-state index in [0.717, 1.165) is 18.5 Å². The first-order valence-corrected chi connectivity index (χ1v) is 6.58. The van der Waals surface area contributed by atoms with Crippen LogP contribution in [-0.4, -0.2) is 33.2 Å². The number of hydrogen-bond donors (Lipinski definition) is 2. The Morgan fingerprint density at radius 2 is 1.85 bits per heavy atom. The first kappa shape index (κ1) is 15.9. The highest BCUT2D eigenvalue weighted by atomic mass is 16.5. The molecule has 0 saturated carbocycles. The number of methoxy groups -OCH3 is 2. The Hall–Kier alpha value is -2.11. The van der Waals surface area contributed by atoms with Gasteiger partial charge in [-0.2, -0.15) is 0 Å². The van der Waals surface area contributed by atoms with Crippen LogP contribution in [0, 0.1) is 0 Å². The number of anilines is 2. The molecule has 0 atom stereocenters. The highest BCUT2D eigenvalue weighted by Gasteiger charge is 2.16. The Balaban J connectivity index is 3.13. The van der Waals surface area contributed by atoms with Crippen molar-refractivity contribution in [3.8, 4) is 11.5 Å². The van der Waals surface area contributed by atoms with Crippen LogP contribution in [0.2, 0.25) is 0 Å². The van der Waals surface area contributed by atoms with Gasteiger partial charge in [0.1, 0.15) is 0 Å². The van der Waals surface area contributed by atoms with E-state index in [4.69, 9.17) is 20.9 Å². The summed E-state index contributed by atoms with van der Waals surface area (Å²) in [4.78, 5) is 13.1. The highest BCUT2D eigenvalue weighted by molar-refractivity contribution is 5.82. The van der Waals surface area contributed by atoms with Crippen molar-refractivity contribution >= 4 is 17.3 Å². The fourth-order valence-corrected chi connectivity index (χ4v) is 1.98. The van der Waals surface area contributed by atoms with Gasteiger partial charge in [-0.3, -0.25) is 4.79 Å². The molecule has 1 rings (SSSR count). The molecule has 1 aromatic carbocycles. The second kappa shape index (κ2) is 7.47. The third-order valence-corrected chi connectivity index (χ3v) is 3.00. The quantitative estimate of drug-likeness (QED) is 0.702. The third-order valence-electron chi connectivity index (χ3n) is 3.00. The number of nitrogens with two attached hydrogens (primary N) is 2. The summed E-state index contributed by atoms with van der Waals surface area (Å²) < 4.78 is 10.5. The van der Waals surface area contributed by atoms with Gasteiger partial charge in [0.05, 0.1) is 32.1 Å². The minimum atomic E-state index is -0.393. The maximum absolute atomic E-state index is 11.2. The average molecular weight is 281 g/mol. The van der Waals surface area contributed by atoms with Gasteiger partial charge in [-0.15, -0.1) is 0 Å². The lowest BCUT2D eigenvalue weighted by atomic mass is 10.2. The third kappa shape index (κ3) is 3.94. The zero-order valence-electron chi connectivity index (χ0n) is 12.3. The summed E-state index contributed by atoms with van der Waals surface area (Å²) in [6, 6.07) is 3.46. The van der Waals surface area contributed by atoms with Gasteiger partial charge in [0.2, 0.25) is 5.91 Å². The smallest absolute Gasteiger partial charge is 0.236 e. The Kier molecular flexibility index (Phi) is 5.96. The Morgan fingerprint density at radius 3 is 2.35 bits per heavy atom. The lowest BCUT2D eigenvalue weighted by molar-refractivity contribution is -0.116. The molecule has 0 unspecified atom stereocenters. The van der Waals surface area contributed by atoms with Gasteiger partial charge in [-0.25, -0.2) is 0 Å². The number of nitrogens with zero attached hydrogens (tertiary/aromatic N) is 1. The molecule has 0 bridgehead atoms. The van der Waals surface area contributed by atoms with E-state index in [1.165, 1.54) is 0 Å². The zero-order chi connectivity index (χ0) is 15.1. The monoisotopic (exact) mass is 281 g/mol. The fraction of sp³-hybridized carbons (Fsp3) is 0.500. The van der Waals surface area contributed by atoms with E-state index < -0.39 is 5.91 Å². The van der Waals surface area contributed by atoms with Crippen molar-refractivity contribution < 1.29 is 14.3 Å². The highest BCUT2D eigenvalue weighted by Crippen LogP contribution is 2.36. The predicted octanol–water partition coefficient (Wildman–Crippen LogP) is 1.38. The van der Waals surface area contributed by atoms with E-state index in [0.29, 0.717) is 23.7 Å². The van der Waals surface area contributed by atoms with E-state index in [9.17, 15) is 4.79 Å². The minimum Gasteiger partial charge on any atom is -0.493 e. The molecule has 0 aliphatic rings. The van der Waals surface area contributed by atoms with Gasteiger partial charge in [-0.1, -0.05) is 13.3 Å². The van der Waals surface area contributed by atoms with Crippen molar-refractivity contribution in [3.63, 3.8) is 0 Å². The standard InChI is InChI=1S/C14H23N3O3/c1-4-5-6-17(9-14(16)18)11-8-13(20-3)12(19-2)7-10(11)15/h7-8H,4-6,9,15H2,1-3H3,(H2,16,18). The van der Waals surface area contributed by atoms with Crippen molar-refractivity contribution in [3.05, 3.63) is 12.1 Å². The molecule has 0 aliphatic carbocycles. The Labute approximate surface area is 119 Å². The van der Waals surface area contributed by atoms with Gasteiger partial charge in [-0.05, 0) is 6.42 Å². The van der Waals surface area contributed by atoms with Crippen LogP contribution in [0.3, 0.4) is 0 Å². The SMILES string of the molecule is CCCCN(CC(N)=O)c1cc(OC)c(OC)cc1N. The van der Waals surface area contributed by atoms with Crippen molar-refractivity contribution in [2.24, 2.45) is 5.73 Å². The van der Waals surface area contributed by atoms with Crippen LogP contribution >= 0.6 is 0 Å². The number of ether oxygens (including phenoxy) is 2. The Bertz CT molecular complexity index is 463. The summed E-state index contributed by atoms with van der Waals surface area (Å²) in [6.07, 6.45) is 1.96. The molecule has 1 aromatic rings. The number of carbonyl (C=O) groups excluding carboxylic acids is 1. The van der Waals surface area contributed by atoms with Crippen molar-refractivity contribution in [1.82, 2.24) is 0 Å². The first-order valence-electron chi connectivity index (χ1n) is 6.58. The number of nitrogen functional groups attached to an aromatic ring is 1. The maximum atomic E-state index is 11.2. The van der Waals surface area contributed by atoms with Crippen LogP contribution in [0.4, 0.5) is 11.4 Å². The molecule has 1 amide bonds. The first-order chi connectivity index (χ1) is 9.53. The normalized spacial score (nSPS) is 10.2. The predicted molar refractivity (Wildman–Crippen MR) is 80.3 cm³/mol. The molecule has 6 nitrogen and oxygen atoms in total. The second-order valence-corrected chi connectivity index (χ2v) is 4.51. The van der Waals surface area contributed by atoms with E-state index in [2.05, 4.69) is 6.92 Å². The zero-order valence-corrected chi connectivity index (χ0v) is 12.3. The van der Waals surface area contributed by atoms with Gasteiger partial charge < -0.3 is 25.8 Å². The second-order valence-electron chi connectivity index (χ2n) is 4.51. The maximum Gasteiger partial charge on any atom is 0.236 e. The molecule has 0 heterocycles. The molecule has 0 saturated heterocycles. The number of hydrogen-bond acceptors (Lipinski definition) is 5. The van der Waals surface area contributed by atoms with Crippen LogP contribution in [0.5, 0.6) is 11.5 Å². The summed E-state index contributed by atoms with van der Waals surface area (Å²) in [7, 11) is 3.11. The van der Waals surface area contributed by atoms with Crippen LogP contribution in [0.15, 0.2) is 12.1 Å². The average Bonchev–Trinajstić information content (AvgIpc) is 2.42.